The fraction of sp³-hybridized carbons (Fsp3) is 0.640. The van der Waals surface area contributed by atoms with Crippen molar-refractivity contribution in [3.8, 4) is 0 Å². The maximum absolute atomic E-state index is 15.0. The molecule has 1 aliphatic heterocycles. The number of thioether (sulfide) groups is 1. The lowest BCUT2D eigenvalue weighted by Gasteiger charge is -2.37. The van der Waals surface area contributed by atoms with Crippen LogP contribution in [0.1, 0.15) is 39.7 Å². The first-order chi connectivity index (χ1) is 16.5. The SMILES string of the molecule is COC(=O)[C@]12CC1[C@@](C)(c1cccc(F)c1F)N=C(N(COCC[Si](C)(C)C)C(=O)OC(C)(C)C)S2. The molecule has 2 aliphatic rings. The van der Waals surface area contributed by atoms with Crippen molar-refractivity contribution in [2.75, 3.05) is 20.4 Å². The molecular formula is C25H36F2N2O5SSi. The molecule has 0 radical (unpaired) electrons. The zero-order valence-corrected chi connectivity index (χ0v) is 24.1. The van der Waals surface area contributed by atoms with Gasteiger partial charge in [0.1, 0.15) is 17.1 Å². The van der Waals surface area contributed by atoms with E-state index < -0.39 is 53.6 Å². The molecule has 7 nitrogen and oxygen atoms in total. The van der Waals surface area contributed by atoms with E-state index in [1.807, 2.05) is 0 Å². The van der Waals surface area contributed by atoms with Gasteiger partial charge in [0.25, 0.3) is 0 Å². The average Bonchev–Trinajstić information content (AvgIpc) is 3.50. The molecule has 200 valence electrons. The fourth-order valence-corrected chi connectivity index (χ4v) is 6.55. The predicted octanol–water partition coefficient (Wildman–Crippen LogP) is 5.76. The van der Waals surface area contributed by atoms with Crippen LogP contribution in [-0.4, -0.2) is 61.0 Å². The van der Waals surface area contributed by atoms with E-state index in [1.165, 1.54) is 24.1 Å². The Morgan fingerprint density at radius 1 is 1.25 bits per heavy atom. The van der Waals surface area contributed by atoms with Gasteiger partial charge in [-0.25, -0.2) is 18.5 Å². The highest BCUT2D eigenvalue weighted by Gasteiger charge is 2.72. The smallest absolute Gasteiger partial charge is 0.418 e. The molecule has 1 aromatic carbocycles. The number of aliphatic imine (C=N–C) groups is 1. The van der Waals surface area contributed by atoms with Crippen LogP contribution in [-0.2, 0) is 24.5 Å². The van der Waals surface area contributed by atoms with Gasteiger partial charge in [-0.15, -0.1) is 0 Å². The molecule has 1 saturated carbocycles. The van der Waals surface area contributed by atoms with Gasteiger partial charge >= 0.3 is 12.1 Å². The van der Waals surface area contributed by atoms with Gasteiger partial charge < -0.3 is 14.2 Å². The van der Waals surface area contributed by atoms with Gasteiger partial charge in [-0.2, -0.15) is 0 Å². The first kappa shape index (κ1) is 28.6. The number of benzene rings is 1. The highest BCUT2D eigenvalue weighted by atomic mass is 32.2. The Hall–Kier alpha value is -1.98. The third-order valence-electron chi connectivity index (χ3n) is 6.28. The number of ether oxygens (including phenoxy) is 3. The zero-order chi connectivity index (χ0) is 27.1. The monoisotopic (exact) mass is 542 g/mol. The van der Waals surface area contributed by atoms with Crippen molar-refractivity contribution >= 4 is 37.1 Å². The Labute approximate surface area is 217 Å². The first-order valence-electron chi connectivity index (χ1n) is 11.9. The first-order valence-corrected chi connectivity index (χ1v) is 16.5. The van der Waals surface area contributed by atoms with Crippen molar-refractivity contribution in [1.82, 2.24) is 4.90 Å². The number of hydrogen-bond donors (Lipinski definition) is 0. The van der Waals surface area contributed by atoms with Crippen LogP contribution in [0.4, 0.5) is 13.6 Å². The van der Waals surface area contributed by atoms with Gasteiger partial charge in [0.15, 0.2) is 16.8 Å². The molecule has 0 spiro atoms. The largest absolute Gasteiger partial charge is 0.468 e. The summed E-state index contributed by atoms with van der Waals surface area (Å²) in [5.74, 6) is -2.99. The van der Waals surface area contributed by atoms with Crippen LogP contribution < -0.4 is 0 Å². The Morgan fingerprint density at radius 2 is 1.92 bits per heavy atom. The van der Waals surface area contributed by atoms with E-state index in [-0.39, 0.29) is 17.5 Å². The number of amidine groups is 1. The lowest BCUT2D eigenvalue weighted by molar-refractivity contribution is -0.141. The van der Waals surface area contributed by atoms with Crippen LogP contribution in [0.25, 0.3) is 0 Å². The molecule has 1 aliphatic carbocycles. The van der Waals surface area contributed by atoms with E-state index in [0.717, 1.165) is 23.9 Å². The fourth-order valence-electron chi connectivity index (χ4n) is 4.21. The number of carbonyl (C=O) groups is 2. The van der Waals surface area contributed by atoms with Crippen LogP contribution in [0, 0.1) is 17.6 Å². The van der Waals surface area contributed by atoms with E-state index in [1.54, 1.807) is 27.7 Å². The van der Waals surface area contributed by atoms with Crippen LogP contribution in [0.3, 0.4) is 0 Å². The number of halogens is 2. The molecule has 3 atom stereocenters. The van der Waals surface area contributed by atoms with E-state index in [0.29, 0.717) is 13.0 Å². The van der Waals surface area contributed by atoms with E-state index >= 15 is 4.39 Å². The summed E-state index contributed by atoms with van der Waals surface area (Å²) in [5.41, 5.74) is -2.10. The average molecular weight is 543 g/mol. The second kappa shape index (κ2) is 10.1. The summed E-state index contributed by atoms with van der Waals surface area (Å²) in [6, 6.07) is 4.78. The van der Waals surface area contributed by atoms with Crippen molar-refractivity contribution in [3.05, 3.63) is 35.4 Å². The summed E-state index contributed by atoms with van der Waals surface area (Å²) in [5, 5.41) is 0.141. The molecule has 11 heteroatoms. The summed E-state index contributed by atoms with van der Waals surface area (Å²) in [7, 11) is -0.101. The quantitative estimate of drug-likeness (QED) is 0.189. The summed E-state index contributed by atoms with van der Waals surface area (Å²) >= 11 is 1.09. The van der Waals surface area contributed by atoms with Crippen molar-refractivity contribution in [2.24, 2.45) is 10.9 Å². The van der Waals surface area contributed by atoms with Crippen molar-refractivity contribution < 1.29 is 32.6 Å². The molecule has 1 heterocycles. The molecule has 1 aromatic rings. The minimum Gasteiger partial charge on any atom is -0.468 e. The highest BCUT2D eigenvalue weighted by Crippen LogP contribution is 2.67. The Morgan fingerprint density at radius 3 is 2.50 bits per heavy atom. The highest BCUT2D eigenvalue weighted by molar-refractivity contribution is 8.15. The summed E-state index contributed by atoms with van der Waals surface area (Å²) in [4.78, 5) is 32.2. The number of fused-ring (bicyclic) bond motifs is 1. The number of rotatable bonds is 7. The maximum Gasteiger partial charge on any atom is 0.418 e. The molecule has 0 saturated heterocycles. The van der Waals surface area contributed by atoms with E-state index in [2.05, 4.69) is 19.6 Å². The predicted molar refractivity (Wildman–Crippen MR) is 139 cm³/mol. The molecule has 0 N–H and O–H groups in total. The van der Waals surface area contributed by atoms with E-state index in [4.69, 9.17) is 19.2 Å². The van der Waals surface area contributed by atoms with Crippen LogP contribution in [0.15, 0.2) is 23.2 Å². The van der Waals surface area contributed by atoms with Crippen LogP contribution >= 0.6 is 11.8 Å². The summed E-state index contributed by atoms with van der Waals surface area (Å²) in [6.45, 7) is 13.8. The molecule has 1 amide bonds. The zero-order valence-electron chi connectivity index (χ0n) is 22.2. The number of carbonyl (C=O) groups excluding carboxylic acids is 2. The van der Waals surface area contributed by atoms with Gasteiger partial charge in [0.2, 0.25) is 0 Å². The second-order valence-corrected chi connectivity index (χ2v) is 18.6. The van der Waals surface area contributed by atoms with Gasteiger partial charge in [0, 0.05) is 26.2 Å². The molecule has 3 rings (SSSR count). The van der Waals surface area contributed by atoms with Crippen LogP contribution in [0.2, 0.25) is 25.7 Å². The molecule has 0 bridgehead atoms. The molecular weight excluding hydrogens is 506 g/mol. The third-order valence-corrected chi connectivity index (χ3v) is 9.46. The standard InChI is InChI=1S/C25H36F2N2O5SSi/c1-23(2,3)34-22(31)29(15-33-12-13-36(6,7)8)21-28-24(4,16-10-9-11-17(26)19(16)27)18-14-25(18,35-21)20(30)32-5/h9-11,18H,12-15H2,1-8H3/t18?,24-,25+/m1/s1. The Kier molecular flexibility index (Phi) is 7.98. The topological polar surface area (TPSA) is 77.4 Å². The summed E-state index contributed by atoms with van der Waals surface area (Å²) < 4.78 is 44.7. The number of hydrogen-bond acceptors (Lipinski definition) is 7. The Bertz CT molecular complexity index is 1060. The summed E-state index contributed by atoms with van der Waals surface area (Å²) in [6.07, 6.45) is -0.370. The second-order valence-electron chi connectivity index (χ2n) is 11.6. The number of methoxy groups -OCH3 is 1. The normalized spacial score (nSPS) is 25.5. The minimum absolute atomic E-state index is 0.0138. The number of nitrogens with zero attached hydrogens (tertiary/aromatic N) is 2. The lowest BCUT2D eigenvalue weighted by Crippen LogP contribution is -2.47. The lowest BCUT2D eigenvalue weighted by atomic mass is 9.85. The number of amides is 1. The van der Waals surface area contributed by atoms with Gasteiger partial charge in [-0.05, 0) is 46.2 Å². The van der Waals surface area contributed by atoms with E-state index in [9.17, 15) is 14.0 Å². The van der Waals surface area contributed by atoms with Gasteiger partial charge in [0.05, 0.1) is 12.6 Å². The Balaban J connectivity index is 2.05. The van der Waals surface area contributed by atoms with Gasteiger partial charge in [-0.1, -0.05) is 43.5 Å². The van der Waals surface area contributed by atoms with Crippen molar-refractivity contribution in [2.45, 2.75) is 75.7 Å². The maximum atomic E-state index is 15.0. The van der Waals surface area contributed by atoms with Gasteiger partial charge in [-0.3, -0.25) is 9.79 Å². The van der Waals surface area contributed by atoms with Crippen LogP contribution in [0.5, 0.6) is 0 Å². The molecule has 1 fully saturated rings. The molecule has 36 heavy (non-hydrogen) atoms. The van der Waals surface area contributed by atoms with Crippen molar-refractivity contribution in [1.29, 1.82) is 0 Å². The molecule has 0 aromatic heterocycles. The number of esters is 1. The van der Waals surface area contributed by atoms with Crippen molar-refractivity contribution in [3.63, 3.8) is 0 Å². The molecule has 1 unspecified atom stereocenters. The third kappa shape index (κ3) is 5.94. The minimum atomic E-state index is -1.38.